The molecule has 0 aliphatic heterocycles. The number of H-pyrrole nitrogens is 1. The highest BCUT2D eigenvalue weighted by Crippen LogP contribution is 2.31. The monoisotopic (exact) mass is 373 g/mol. The number of primary amides is 1. The van der Waals surface area contributed by atoms with Crippen molar-refractivity contribution in [1.29, 1.82) is 0 Å². The van der Waals surface area contributed by atoms with Gasteiger partial charge in [-0.05, 0) is 30.4 Å². The van der Waals surface area contributed by atoms with Crippen LogP contribution in [0.5, 0.6) is 5.88 Å². The van der Waals surface area contributed by atoms with Gasteiger partial charge in [-0.15, -0.1) is 0 Å². The van der Waals surface area contributed by atoms with Gasteiger partial charge in [-0.1, -0.05) is 6.07 Å². The molecule has 0 bridgehead atoms. The predicted molar refractivity (Wildman–Crippen MR) is 84.2 cm³/mol. The minimum Gasteiger partial charge on any atom is -0.494 e. The number of nitrogens with zero attached hydrogens (tertiary/aromatic N) is 2. The van der Waals surface area contributed by atoms with E-state index in [1.165, 1.54) is 6.07 Å². The minimum absolute atomic E-state index is 0.133. The first-order valence-electron chi connectivity index (χ1n) is 6.45. The normalized spacial score (nSPS) is 11.6. The third-order valence-corrected chi connectivity index (χ3v) is 3.21. The highest BCUT2D eigenvalue weighted by Gasteiger charge is 2.30. The van der Waals surface area contributed by atoms with Crippen molar-refractivity contribution in [2.75, 3.05) is 0 Å². The van der Waals surface area contributed by atoms with Crippen LogP contribution in [0.15, 0.2) is 34.2 Å². The Hall–Kier alpha value is -3.15. The highest BCUT2D eigenvalue weighted by atomic mass is 32.1. The maximum atomic E-state index is 12.8. The zero-order valence-corrected chi connectivity index (χ0v) is 13.0. The van der Waals surface area contributed by atoms with E-state index in [2.05, 4.69) is 10.1 Å². The lowest BCUT2D eigenvalue weighted by molar-refractivity contribution is -0.137. The molecule has 25 heavy (non-hydrogen) atoms. The Morgan fingerprint density at radius 2 is 2.12 bits per heavy atom. The molecule has 5 N–H and O–H groups in total. The third kappa shape index (κ3) is 4.03. The lowest BCUT2D eigenvalue weighted by Crippen LogP contribution is -2.25. The topological polar surface area (TPSA) is 126 Å². The van der Waals surface area contributed by atoms with Crippen molar-refractivity contribution in [2.24, 2.45) is 10.8 Å². The highest BCUT2D eigenvalue weighted by molar-refractivity contribution is 7.71. The van der Waals surface area contributed by atoms with Gasteiger partial charge in [0.05, 0.1) is 17.5 Å². The van der Waals surface area contributed by atoms with Crippen LogP contribution in [0.3, 0.4) is 0 Å². The molecule has 0 atom stereocenters. The number of hydrogen-bond donors (Lipinski definition) is 4. The SMILES string of the molecule is NC(=O)N/N=C/c1c(O)n(-c2cccc(C(F)(F)F)c2)c(=S)[nH]c1=O. The Morgan fingerprint density at radius 1 is 1.44 bits per heavy atom. The summed E-state index contributed by atoms with van der Waals surface area (Å²) in [4.78, 5) is 24.6. The van der Waals surface area contributed by atoms with Crippen molar-refractivity contribution in [1.82, 2.24) is 15.0 Å². The van der Waals surface area contributed by atoms with Gasteiger partial charge in [0.2, 0.25) is 5.88 Å². The number of halogens is 3. The van der Waals surface area contributed by atoms with Crippen LogP contribution in [0.1, 0.15) is 11.1 Å². The van der Waals surface area contributed by atoms with E-state index in [-0.39, 0.29) is 10.5 Å². The molecule has 12 heteroatoms. The minimum atomic E-state index is -4.61. The van der Waals surface area contributed by atoms with E-state index in [9.17, 15) is 27.9 Å². The van der Waals surface area contributed by atoms with E-state index >= 15 is 0 Å². The molecule has 2 aromatic rings. The summed E-state index contributed by atoms with van der Waals surface area (Å²) in [6, 6.07) is 2.95. The van der Waals surface area contributed by atoms with Gasteiger partial charge < -0.3 is 10.8 Å². The molecule has 1 aromatic carbocycles. The fraction of sp³-hybridized carbons (Fsp3) is 0.0769. The molecule has 0 radical (unpaired) electrons. The first-order valence-corrected chi connectivity index (χ1v) is 6.86. The molecule has 0 aliphatic carbocycles. The van der Waals surface area contributed by atoms with Gasteiger partial charge in [0.15, 0.2) is 4.77 Å². The quantitative estimate of drug-likeness (QED) is 0.371. The number of amides is 2. The molecule has 0 spiro atoms. The Morgan fingerprint density at radius 3 is 2.72 bits per heavy atom. The molecule has 0 fully saturated rings. The Kier molecular flexibility index (Phi) is 4.92. The van der Waals surface area contributed by atoms with E-state index in [0.717, 1.165) is 29.0 Å². The van der Waals surface area contributed by atoms with Gasteiger partial charge >= 0.3 is 12.2 Å². The second-order valence-corrected chi connectivity index (χ2v) is 5.00. The number of urea groups is 1. The van der Waals surface area contributed by atoms with Gasteiger partial charge in [0, 0.05) is 0 Å². The standard InChI is InChI=1S/C13H10F3N5O3S/c14-13(15,16)6-2-1-3-7(4-6)21-10(23)8(5-18-20-11(17)24)9(22)19-12(21)25/h1-5,23H,(H3,17,20,24)(H,19,22,25)/b18-5+. The van der Waals surface area contributed by atoms with Crippen LogP contribution in [0, 0.1) is 4.77 Å². The van der Waals surface area contributed by atoms with Crippen molar-refractivity contribution in [3.8, 4) is 11.6 Å². The van der Waals surface area contributed by atoms with Crippen LogP contribution in [0.25, 0.3) is 5.69 Å². The third-order valence-electron chi connectivity index (χ3n) is 2.92. The average molecular weight is 373 g/mol. The molecular weight excluding hydrogens is 363 g/mol. The number of rotatable bonds is 3. The number of hydrogen-bond acceptors (Lipinski definition) is 5. The zero-order chi connectivity index (χ0) is 18.8. The van der Waals surface area contributed by atoms with Crippen LogP contribution in [0.2, 0.25) is 0 Å². The van der Waals surface area contributed by atoms with Gasteiger partial charge in [-0.25, -0.2) is 10.2 Å². The first kappa shape index (κ1) is 18.2. The second-order valence-electron chi connectivity index (χ2n) is 4.61. The number of alkyl halides is 3. The Labute approximate surface area is 142 Å². The van der Waals surface area contributed by atoms with Crippen LogP contribution >= 0.6 is 12.2 Å². The number of carbonyl (C=O) groups excluding carboxylic acids is 1. The number of nitrogens with two attached hydrogens (primary N) is 1. The number of aromatic amines is 1. The van der Waals surface area contributed by atoms with Crippen molar-refractivity contribution >= 4 is 24.5 Å². The average Bonchev–Trinajstić information content (AvgIpc) is 2.49. The Balaban J connectivity index is 2.63. The van der Waals surface area contributed by atoms with Crippen molar-refractivity contribution in [3.63, 3.8) is 0 Å². The number of aromatic hydroxyl groups is 1. The number of nitrogens with one attached hydrogen (secondary N) is 2. The van der Waals surface area contributed by atoms with E-state index in [1.54, 1.807) is 0 Å². The predicted octanol–water partition coefficient (Wildman–Crippen LogP) is 1.62. The maximum Gasteiger partial charge on any atom is 0.416 e. The zero-order valence-electron chi connectivity index (χ0n) is 12.2. The molecule has 8 nitrogen and oxygen atoms in total. The summed E-state index contributed by atoms with van der Waals surface area (Å²) >= 11 is 4.89. The van der Waals surface area contributed by atoms with Crippen molar-refractivity contribution in [3.05, 3.63) is 50.5 Å². The van der Waals surface area contributed by atoms with Gasteiger partial charge in [-0.2, -0.15) is 18.3 Å². The molecule has 1 aromatic heterocycles. The van der Waals surface area contributed by atoms with Crippen molar-refractivity contribution in [2.45, 2.75) is 6.18 Å². The van der Waals surface area contributed by atoms with E-state index in [1.807, 2.05) is 5.43 Å². The number of carbonyl (C=O) groups is 1. The van der Waals surface area contributed by atoms with Gasteiger partial charge in [0.1, 0.15) is 5.56 Å². The number of aromatic nitrogens is 2. The molecule has 0 unspecified atom stereocenters. The van der Waals surface area contributed by atoms with E-state index < -0.39 is 34.8 Å². The summed E-state index contributed by atoms with van der Waals surface area (Å²) < 4.78 is 39.0. The molecule has 132 valence electrons. The van der Waals surface area contributed by atoms with Crippen LogP contribution in [-0.2, 0) is 6.18 Å². The molecule has 0 saturated heterocycles. The molecule has 0 saturated carbocycles. The lowest BCUT2D eigenvalue weighted by atomic mass is 10.2. The number of benzene rings is 1. The molecule has 1 heterocycles. The fourth-order valence-corrected chi connectivity index (χ4v) is 2.16. The molecule has 2 amide bonds. The van der Waals surface area contributed by atoms with Gasteiger partial charge in [0.25, 0.3) is 5.56 Å². The molecule has 2 rings (SSSR count). The summed E-state index contributed by atoms with van der Waals surface area (Å²) in [5.41, 5.74) is 4.20. The first-order chi connectivity index (χ1) is 11.6. The van der Waals surface area contributed by atoms with Crippen molar-refractivity contribution < 1.29 is 23.1 Å². The second kappa shape index (κ2) is 6.76. The fourth-order valence-electron chi connectivity index (χ4n) is 1.88. The summed E-state index contributed by atoms with van der Waals surface area (Å²) in [5.74, 6) is -0.761. The van der Waals surface area contributed by atoms with Crippen LogP contribution < -0.4 is 16.7 Å². The van der Waals surface area contributed by atoms with Crippen LogP contribution in [-0.4, -0.2) is 26.9 Å². The van der Waals surface area contributed by atoms with Gasteiger partial charge in [-0.3, -0.25) is 14.3 Å². The van der Waals surface area contributed by atoms with E-state index in [0.29, 0.717) is 0 Å². The lowest BCUT2D eigenvalue weighted by Gasteiger charge is -2.13. The smallest absolute Gasteiger partial charge is 0.416 e. The maximum absolute atomic E-state index is 12.8. The number of hydrazone groups is 1. The Bertz CT molecular complexity index is 965. The van der Waals surface area contributed by atoms with E-state index in [4.69, 9.17) is 18.0 Å². The molecular formula is C13H10F3N5O3S. The summed E-state index contributed by atoms with van der Waals surface area (Å²) in [5, 5.41) is 13.5. The molecule has 0 aliphatic rings. The summed E-state index contributed by atoms with van der Waals surface area (Å²) in [6.07, 6.45) is -3.83. The van der Waals surface area contributed by atoms with Crippen LogP contribution in [0.4, 0.5) is 18.0 Å². The summed E-state index contributed by atoms with van der Waals surface area (Å²) in [7, 11) is 0. The largest absolute Gasteiger partial charge is 0.494 e. The summed E-state index contributed by atoms with van der Waals surface area (Å²) in [6.45, 7) is 0.